The smallest absolute Gasteiger partial charge is 0.338 e. The quantitative estimate of drug-likeness (QED) is 0.827. The topological polar surface area (TPSA) is 57.7 Å². The van der Waals surface area contributed by atoms with Gasteiger partial charge in [0.2, 0.25) is 10.0 Å². The van der Waals surface area contributed by atoms with Crippen LogP contribution in [0.2, 0.25) is 0 Å². The molecule has 134 valence electrons. The molecule has 0 radical (unpaired) electrons. The van der Waals surface area contributed by atoms with Gasteiger partial charge in [0.05, 0.1) is 10.8 Å². The number of sulfonamides is 1. The number of carbonyl (C=O) groups is 1. The van der Waals surface area contributed by atoms with E-state index in [1.807, 2.05) is 0 Å². The first-order valence-electron chi connectivity index (χ1n) is 7.42. The van der Waals surface area contributed by atoms with Crippen LogP contribution >= 0.6 is 0 Å². The summed E-state index contributed by atoms with van der Waals surface area (Å²) in [7, 11) is -0.836. The van der Waals surface area contributed by atoms with Gasteiger partial charge in [-0.2, -0.15) is 13.2 Å². The zero-order valence-corrected chi connectivity index (χ0v) is 14.2. The molecule has 0 aliphatic carbocycles. The van der Waals surface area contributed by atoms with Crippen LogP contribution in [0, 0.1) is 5.92 Å². The van der Waals surface area contributed by atoms with E-state index in [-0.39, 0.29) is 30.0 Å². The van der Waals surface area contributed by atoms with Crippen LogP contribution in [0.15, 0.2) is 29.2 Å². The molecule has 1 aliphatic heterocycles. The van der Waals surface area contributed by atoms with E-state index < -0.39 is 28.0 Å². The molecular weight excluding hydrogens is 345 g/mol. The zero-order chi connectivity index (χ0) is 18.1. The van der Waals surface area contributed by atoms with Crippen molar-refractivity contribution in [2.24, 2.45) is 5.92 Å². The Morgan fingerprint density at radius 2 is 1.79 bits per heavy atom. The maximum absolute atomic E-state index is 12.8. The second kappa shape index (κ2) is 6.72. The summed E-state index contributed by atoms with van der Waals surface area (Å²) in [5.41, 5.74) is 0.176. The van der Waals surface area contributed by atoms with Crippen molar-refractivity contribution in [2.75, 3.05) is 27.2 Å². The molecule has 24 heavy (non-hydrogen) atoms. The molecule has 1 amide bonds. The number of hydrogen-bond donors (Lipinski definition) is 0. The Balaban J connectivity index is 2.16. The average Bonchev–Trinajstić information content (AvgIpc) is 2.53. The van der Waals surface area contributed by atoms with Gasteiger partial charge in [-0.05, 0) is 37.1 Å². The van der Waals surface area contributed by atoms with Crippen LogP contribution in [-0.4, -0.2) is 56.9 Å². The number of hydrogen-bond acceptors (Lipinski definition) is 3. The van der Waals surface area contributed by atoms with E-state index in [0.29, 0.717) is 6.42 Å². The van der Waals surface area contributed by atoms with Crippen LogP contribution in [0.1, 0.15) is 23.2 Å². The van der Waals surface area contributed by atoms with Gasteiger partial charge in [0.25, 0.3) is 5.91 Å². The van der Waals surface area contributed by atoms with Crippen molar-refractivity contribution in [1.82, 2.24) is 9.21 Å². The number of likely N-dealkylation sites (tertiary alicyclic amines) is 1. The standard InChI is InChI=1S/C15H19F3N2O3S/c1-19(2)24(22,23)13-7-5-11(6-8-13)14(21)20-9-3-4-12(10-20)15(16,17)18/h5-8,12H,3-4,9-10H2,1-2H3/t12-/m1/s1. The van der Waals surface area contributed by atoms with E-state index in [1.165, 1.54) is 43.3 Å². The number of amides is 1. The molecule has 1 aliphatic rings. The predicted octanol–water partition coefficient (Wildman–Crippen LogP) is 2.35. The van der Waals surface area contributed by atoms with Crippen molar-refractivity contribution in [2.45, 2.75) is 23.9 Å². The number of benzene rings is 1. The summed E-state index contributed by atoms with van der Waals surface area (Å²) >= 11 is 0. The minimum Gasteiger partial charge on any atom is -0.338 e. The van der Waals surface area contributed by atoms with E-state index >= 15 is 0 Å². The van der Waals surface area contributed by atoms with E-state index in [2.05, 4.69) is 0 Å². The van der Waals surface area contributed by atoms with Crippen LogP contribution in [0.4, 0.5) is 13.2 Å². The summed E-state index contributed by atoms with van der Waals surface area (Å²) in [4.78, 5) is 13.6. The average molecular weight is 364 g/mol. The molecular formula is C15H19F3N2O3S. The fraction of sp³-hybridized carbons (Fsp3) is 0.533. The van der Waals surface area contributed by atoms with Crippen LogP contribution < -0.4 is 0 Å². The summed E-state index contributed by atoms with van der Waals surface area (Å²) in [5, 5.41) is 0. The van der Waals surface area contributed by atoms with Crippen LogP contribution in [0.5, 0.6) is 0 Å². The summed E-state index contributed by atoms with van der Waals surface area (Å²) in [6.45, 7) is -0.0940. The lowest BCUT2D eigenvalue weighted by molar-refractivity contribution is -0.184. The molecule has 0 saturated carbocycles. The molecule has 5 nitrogen and oxygen atoms in total. The summed E-state index contributed by atoms with van der Waals surface area (Å²) in [6.07, 6.45) is -4.00. The second-order valence-corrected chi connectivity index (χ2v) is 8.10. The molecule has 1 heterocycles. The summed E-state index contributed by atoms with van der Waals surface area (Å²) in [5.74, 6) is -2.03. The Bertz CT molecular complexity index is 700. The third-order valence-corrected chi connectivity index (χ3v) is 5.88. The molecule has 1 fully saturated rings. The number of piperidine rings is 1. The van der Waals surface area contributed by atoms with E-state index in [4.69, 9.17) is 0 Å². The first kappa shape index (κ1) is 18.7. The van der Waals surface area contributed by atoms with Crippen molar-refractivity contribution in [3.63, 3.8) is 0 Å². The number of alkyl halides is 3. The highest BCUT2D eigenvalue weighted by molar-refractivity contribution is 7.89. The van der Waals surface area contributed by atoms with Crippen molar-refractivity contribution < 1.29 is 26.4 Å². The fourth-order valence-electron chi connectivity index (χ4n) is 2.59. The Hall–Kier alpha value is -1.61. The van der Waals surface area contributed by atoms with Crippen LogP contribution in [0.3, 0.4) is 0 Å². The van der Waals surface area contributed by atoms with Gasteiger partial charge in [-0.1, -0.05) is 0 Å². The van der Waals surface area contributed by atoms with Gasteiger partial charge in [0.1, 0.15) is 0 Å². The molecule has 0 unspecified atom stereocenters. The largest absolute Gasteiger partial charge is 0.393 e. The minimum absolute atomic E-state index is 0.0211. The minimum atomic E-state index is -4.32. The van der Waals surface area contributed by atoms with Crippen molar-refractivity contribution >= 4 is 15.9 Å². The summed E-state index contributed by atoms with van der Waals surface area (Å²) in [6, 6.07) is 5.23. The molecule has 0 bridgehead atoms. The van der Waals surface area contributed by atoms with Crippen molar-refractivity contribution in [3.05, 3.63) is 29.8 Å². The van der Waals surface area contributed by atoms with E-state index in [9.17, 15) is 26.4 Å². The van der Waals surface area contributed by atoms with E-state index in [0.717, 1.165) is 4.31 Å². The van der Waals surface area contributed by atoms with Gasteiger partial charge < -0.3 is 4.90 Å². The first-order chi connectivity index (χ1) is 11.0. The first-order valence-corrected chi connectivity index (χ1v) is 8.86. The number of carbonyl (C=O) groups excluding carboxylic acids is 1. The van der Waals surface area contributed by atoms with E-state index in [1.54, 1.807) is 0 Å². The normalized spacial score (nSPS) is 19.6. The summed E-state index contributed by atoms with van der Waals surface area (Å²) < 4.78 is 63.5. The lowest BCUT2D eigenvalue weighted by atomic mass is 9.97. The molecule has 0 aromatic heterocycles. The molecule has 1 atom stereocenters. The molecule has 0 spiro atoms. The van der Waals surface area contributed by atoms with Gasteiger partial charge in [-0.3, -0.25) is 4.79 Å². The van der Waals surface area contributed by atoms with Crippen LogP contribution in [0.25, 0.3) is 0 Å². The lowest BCUT2D eigenvalue weighted by Gasteiger charge is -2.33. The third-order valence-electron chi connectivity index (χ3n) is 4.05. The van der Waals surface area contributed by atoms with Gasteiger partial charge >= 0.3 is 6.18 Å². The van der Waals surface area contributed by atoms with Gasteiger partial charge in [0, 0.05) is 32.7 Å². The number of nitrogens with zero attached hydrogens (tertiary/aromatic N) is 2. The highest BCUT2D eigenvalue weighted by atomic mass is 32.2. The number of halogens is 3. The van der Waals surface area contributed by atoms with Crippen LogP contribution in [-0.2, 0) is 10.0 Å². The molecule has 9 heteroatoms. The molecule has 1 aromatic rings. The van der Waals surface area contributed by atoms with Gasteiger partial charge in [0.15, 0.2) is 0 Å². The zero-order valence-electron chi connectivity index (χ0n) is 13.4. The van der Waals surface area contributed by atoms with Crippen molar-refractivity contribution in [1.29, 1.82) is 0 Å². The predicted molar refractivity (Wildman–Crippen MR) is 82.0 cm³/mol. The maximum atomic E-state index is 12.8. The SMILES string of the molecule is CN(C)S(=O)(=O)c1ccc(C(=O)N2CCC[C@@H](C(F)(F)F)C2)cc1. The fourth-order valence-corrected chi connectivity index (χ4v) is 3.49. The molecule has 1 saturated heterocycles. The molecule has 1 aromatic carbocycles. The van der Waals surface area contributed by atoms with Crippen molar-refractivity contribution in [3.8, 4) is 0 Å². The highest BCUT2D eigenvalue weighted by Crippen LogP contribution is 2.33. The molecule has 0 N–H and O–H groups in total. The Morgan fingerprint density at radius 1 is 1.21 bits per heavy atom. The Morgan fingerprint density at radius 3 is 2.29 bits per heavy atom. The monoisotopic (exact) mass is 364 g/mol. The van der Waals surface area contributed by atoms with Gasteiger partial charge in [-0.15, -0.1) is 0 Å². The Labute approximate surface area is 139 Å². The Kier molecular flexibility index (Phi) is 5.24. The lowest BCUT2D eigenvalue weighted by Crippen LogP contribution is -2.44. The third kappa shape index (κ3) is 3.89. The van der Waals surface area contributed by atoms with Gasteiger partial charge in [-0.25, -0.2) is 12.7 Å². The maximum Gasteiger partial charge on any atom is 0.393 e. The second-order valence-electron chi connectivity index (χ2n) is 5.94. The molecule has 2 rings (SSSR count). The number of rotatable bonds is 3. The highest BCUT2D eigenvalue weighted by Gasteiger charge is 2.42.